The summed E-state index contributed by atoms with van der Waals surface area (Å²) in [6.45, 7) is 9.58. The quantitative estimate of drug-likeness (QED) is 0.330. The fourth-order valence-electron chi connectivity index (χ4n) is 2.00. The second-order valence-corrected chi connectivity index (χ2v) is 7.07. The van der Waals surface area contributed by atoms with Crippen LogP contribution in [0.5, 0.6) is 11.5 Å². The molecule has 6 heteroatoms. The van der Waals surface area contributed by atoms with E-state index in [2.05, 4.69) is 0 Å². The molecule has 0 aliphatic carbocycles. The summed E-state index contributed by atoms with van der Waals surface area (Å²) >= 11 is 0. The summed E-state index contributed by atoms with van der Waals surface area (Å²) in [6, 6.07) is 18.7. The number of carbonyl (C=O) groups is 2. The van der Waals surface area contributed by atoms with Crippen molar-refractivity contribution in [2.75, 3.05) is 13.2 Å². The van der Waals surface area contributed by atoms with E-state index in [1.165, 1.54) is 0 Å². The Bertz CT molecular complexity index is 728. The second-order valence-electron chi connectivity index (χ2n) is 7.07. The zero-order chi connectivity index (χ0) is 22.4. The highest BCUT2D eigenvalue weighted by atomic mass is 16.7. The van der Waals surface area contributed by atoms with E-state index in [4.69, 9.17) is 18.9 Å². The summed E-state index contributed by atoms with van der Waals surface area (Å²) in [7, 11) is 0. The van der Waals surface area contributed by atoms with Gasteiger partial charge in [0, 0.05) is 6.92 Å². The van der Waals surface area contributed by atoms with Gasteiger partial charge in [-0.25, -0.2) is 0 Å². The molecule has 2 aromatic rings. The number of carbonyl (C=O) groups excluding carboxylic acids is 2. The van der Waals surface area contributed by atoms with Gasteiger partial charge in [0.2, 0.25) is 6.29 Å². The number of rotatable bonds is 9. The van der Waals surface area contributed by atoms with Crippen LogP contribution in [0.1, 0.15) is 34.6 Å². The molecule has 0 aliphatic heterocycles. The second kappa shape index (κ2) is 14.0. The minimum Gasteiger partial charge on any atom is -0.490 e. The van der Waals surface area contributed by atoms with Crippen molar-refractivity contribution in [3.8, 4) is 11.5 Å². The molecule has 0 spiro atoms. The first kappa shape index (κ1) is 25.0. The van der Waals surface area contributed by atoms with Crippen LogP contribution in [0.4, 0.5) is 0 Å². The minimum absolute atomic E-state index is 0.0817. The van der Waals surface area contributed by atoms with E-state index in [-0.39, 0.29) is 23.8 Å². The van der Waals surface area contributed by atoms with Crippen LogP contribution in [0.25, 0.3) is 0 Å². The zero-order valence-electron chi connectivity index (χ0n) is 18.4. The van der Waals surface area contributed by atoms with Gasteiger partial charge in [-0.1, -0.05) is 64.1 Å². The maximum Gasteiger partial charge on any atom is 0.311 e. The molecule has 6 nitrogen and oxygen atoms in total. The van der Waals surface area contributed by atoms with Gasteiger partial charge >= 0.3 is 11.9 Å². The third-order valence-corrected chi connectivity index (χ3v) is 3.61. The van der Waals surface area contributed by atoms with E-state index < -0.39 is 6.29 Å². The van der Waals surface area contributed by atoms with Crippen molar-refractivity contribution in [1.82, 2.24) is 0 Å². The highest BCUT2D eigenvalue weighted by Gasteiger charge is 2.13. The van der Waals surface area contributed by atoms with Gasteiger partial charge in [-0.15, -0.1) is 0 Å². The average molecular weight is 417 g/mol. The molecule has 2 aromatic carbocycles. The first-order chi connectivity index (χ1) is 14.3. The summed E-state index contributed by atoms with van der Waals surface area (Å²) in [6.07, 6.45) is -0.553. The molecule has 0 bridgehead atoms. The Morgan fingerprint density at radius 2 is 1.20 bits per heavy atom. The third-order valence-electron chi connectivity index (χ3n) is 3.61. The molecule has 0 aromatic heterocycles. The molecular formula is C24H32O6. The van der Waals surface area contributed by atoms with Gasteiger partial charge in [0.25, 0.3) is 0 Å². The summed E-state index contributed by atoms with van der Waals surface area (Å²) in [5, 5.41) is 0. The van der Waals surface area contributed by atoms with Crippen molar-refractivity contribution < 1.29 is 28.5 Å². The van der Waals surface area contributed by atoms with Crippen LogP contribution in [0, 0.1) is 11.8 Å². The van der Waals surface area contributed by atoms with Crippen molar-refractivity contribution in [3.05, 3.63) is 60.7 Å². The lowest BCUT2D eigenvalue weighted by molar-refractivity contribution is -0.165. The summed E-state index contributed by atoms with van der Waals surface area (Å²) in [4.78, 5) is 22.3. The highest BCUT2D eigenvalue weighted by Crippen LogP contribution is 2.12. The number of benzene rings is 2. The molecular weight excluding hydrogens is 384 g/mol. The lowest BCUT2D eigenvalue weighted by atomic mass is 10.2. The fourth-order valence-corrected chi connectivity index (χ4v) is 2.00. The number of para-hydroxylation sites is 2. The van der Waals surface area contributed by atoms with Crippen molar-refractivity contribution in [3.63, 3.8) is 0 Å². The lowest BCUT2D eigenvalue weighted by Gasteiger charge is -2.16. The van der Waals surface area contributed by atoms with Crippen LogP contribution in [0.15, 0.2) is 60.7 Å². The maximum absolute atomic E-state index is 11.2. The number of hydrogen-bond acceptors (Lipinski definition) is 6. The number of hydrogen-bond donors (Lipinski definition) is 0. The Kier molecular flexibility index (Phi) is 11.7. The number of ether oxygens (including phenoxy) is 4. The molecule has 2 rings (SSSR count). The lowest BCUT2D eigenvalue weighted by Crippen LogP contribution is -2.23. The Morgan fingerprint density at radius 3 is 1.70 bits per heavy atom. The van der Waals surface area contributed by atoms with Gasteiger partial charge in [-0.2, -0.15) is 0 Å². The Hall–Kier alpha value is -3.02. The SMILES string of the molecule is CC(C)C(=O)OCCOc1ccccc1.CC(OC(=O)C(C)C)Oc1ccccc1. The third kappa shape index (κ3) is 11.1. The number of esters is 2. The van der Waals surface area contributed by atoms with Gasteiger partial charge in [-0.3, -0.25) is 9.59 Å². The maximum atomic E-state index is 11.2. The van der Waals surface area contributed by atoms with E-state index >= 15 is 0 Å². The zero-order valence-corrected chi connectivity index (χ0v) is 18.4. The molecule has 0 saturated carbocycles. The topological polar surface area (TPSA) is 71.1 Å². The first-order valence-electron chi connectivity index (χ1n) is 10.1. The van der Waals surface area contributed by atoms with Crippen molar-refractivity contribution in [1.29, 1.82) is 0 Å². The van der Waals surface area contributed by atoms with E-state index in [0.29, 0.717) is 19.0 Å². The molecule has 30 heavy (non-hydrogen) atoms. The summed E-state index contributed by atoms with van der Waals surface area (Å²) in [5.41, 5.74) is 0. The predicted octanol–water partition coefficient (Wildman–Crippen LogP) is 4.88. The molecule has 1 unspecified atom stereocenters. The normalized spacial score (nSPS) is 11.2. The van der Waals surface area contributed by atoms with Crippen LogP contribution in [0.2, 0.25) is 0 Å². The standard InChI is InChI=1S/2C12H16O3/c1-9(2)12(13)15-10(3)14-11-7-5-4-6-8-11;1-10(2)12(13)15-9-8-14-11-6-4-3-5-7-11/h4-10H,1-3H3;3-7,10H,8-9H2,1-2H3. The molecule has 0 amide bonds. The molecule has 164 valence electrons. The fraction of sp³-hybridized carbons (Fsp3) is 0.417. The first-order valence-corrected chi connectivity index (χ1v) is 10.1. The van der Waals surface area contributed by atoms with Crippen LogP contribution >= 0.6 is 0 Å². The van der Waals surface area contributed by atoms with Crippen LogP contribution in [0.3, 0.4) is 0 Å². The van der Waals surface area contributed by atoms with E-state index in [9.17, 15) is 9.59 Å². The Labute approximate surface area is 179 Å². The Balaban J connectivity index is 0.000000300. The molecule has 1 atom stereocenters. The average Bonchev–Trinajstić information content (AvgIpc) is 2.72. The van der Waals surface area contributed by atoms with Gasteiger partial charge in [0.15, 0.2) is 0 Å². The smallest absolute Gasteiger partial charge is 0.311 e. The van der Waals surface area contributed by atoms with Gasteiger partial charge in [-0.05, 0) is 24.3 Å². The van der Waals surface area contributed by atoms with E-state index in [1.54, 1.807) is 34.6 Å². The van der Waals surface area contributed by atoms with E-state index in [0.717, 1.165) is 5.75 Å². The molecule has 0 N–H and O–H groups in total. The van der Waals surface area contributed by atoms with E-state index in [1.807, 2.05) is 60.7 Å². The molecule has 0 saturated heterocycles. The van der Waals surface area contributed by atoms with Gasteiger partial charge in [0.1, 0.15) is 24.7 Å². The largest absolute Gasteiger partial charge is 0.490 e. The monoisotopic (exact) mass is 416 g/mol. The van der Waals surface area contributed by atoms with Crippen LogP contribution in [-0.4, -0.2) is 31.4 Å². The van der Waals surface area contributed by atoms with Gasteiger partial charge < -0.3 is 18.9 Å². The van der Waals surface area contributed by atoms with Crippen molar-refractivity contribution >= 4 is 11.9 Å². The minimum atomic E-state index is -0.553. The molecule has 0 radical (unpaired) electrons. The van der Waals surface area contributed by atoms with Gasteiger partial charge in [0.05, 0.1) is 11.8 Å². The van der Waals surface area contributed by atoms with Crippen LogP contribution in [-0.2, 0) is 19.1 Å². The molecule has 0 aliphatic rings. The molecule has 0 heterocycles. The Morgan fingerprint density at radius 1 is 0.700 bits per heavy atom. The molecule has 0 fully saturated rings. The highest BCUT2D eigenvalue weighted by molar-refractivity contribution is 5.71. The van der Waals surface area contributed by atoms with Crippen molar-refractivity contribution in [2.24, 2.45) is 11.8 Å². The predicted molar refractivity (Wildman–Crippen MR) is 115 cm³/mol. The summed E-state index contributed by atoms with van der Waals surface area (Å²) in [5.74, 6) is 0.832. The summed E-state index contributed by atoms with van der Waals surface area (Å²) < 4.78 is 20.8. The van der Waals surface area contributed by atoms with Crippen molar-refractivity contribution in [2.45, 2.75) is 40.9 Å². The van der Waals surface area contributed by atoms with Crippen LogP contribution < -0.4 is 9.47 Å².